The first-order valence-electron chi connectivity index (χ1n) is 7.91. The topological polar surface area (TPSA) is 68.1 Å². The molecule has 0 unspecified atom stereocenters. The number of fused-ring (bicyclic) bond motifs is 1. The van der Waals surface area contributed by atoms with Crippen molar-refractivity contribution in [3.8, 4) is 0 Å². The van der Waals surface area contributed by atoms with Gasteiger partial charge >= 0.3 is 5.70 Å². The van der Waals surface area contributed by atoms with E-state index in [1.165, 1.54) is 0 Å². The Bertz CT molecular complexity index is 1080. The van der Waals surface area contributed by atoms with Crippen LogP contribution in [0.2, 0.25) is 0 Å². The molecule has 3 aromatic rings. The predicted octanol–water partition coefficient (Wildman–Crippen LogP) is 6.77. The highest BCUT2D eigenvalue weighted by Crippen LogP contribution is 2.37. The molecule has 0 atom stereocenters. The number of hydrogen-bond acceptors (Lipinski definition) is 5. The molecule has 142 valence electrons. The second-order valence-corrected chi connectivity index (χ2v) is 7.84. The van der Waals surface area contributed by atoms with Gasteiger partial charge in [-0.2, -0.15) is 0 Å². The molecule has 0 bridgehead atoms. The average Bonchev–Trinajstić information content (AvgIpc) is 2.68. The monoisotopic (exact) mass is 451 g/mol. The van der Waals surface area contributed by atoms with E-state index >= 15 is 0 Å². The molecule has 0 amide bonds. The Morgan fingerprint density at radius 1 is 1.00 bits per heavy atom. The van der Waals surface area contributed by atoms with Gasteiger partial charge in [-0.15, -0.1) is 0 Å². The number of rotatable bonds is 6. The fourth-order valence-electron chi connectivity index (χ4n) is 2.42. The minimum Gasteiger partial charge on any atom is -0.342 e. The van der Waals surface area contributed by atoms with E-state index in [-0.39, 0.29) is 10.1 Å². The van der Waals surface area contributed by atoms with Crippen LogP contribution in [0.4, 0.5) is 5.69 Å². The number of pyridine rings is 1. The first kappa shape index (κ1) is 20.5. The van der Waals surface area contributed by atoms with Gasteiger partial charge in [-0.25, -0.2) is 0 Å². The van der Waals surface area contributed by atoms with Crippen LogP contribution in [0.3, 0.4) is 0 Å². The van der Waals surface area contributed by atoms with E-state index in [2.05, 4.69) is 10.3 Å². The maximum absolute atomic E-state index is 11.8. The first-order valence-corrected chi connectivity index (χ1v) is 9.86. The molecule has 0 aliphatic rings. The number of nitro groups is 1. The summed E-state index contributed by atoms with van der Waals surface area (Å²) in [7, 11) is 0. The highest BCUT2D eigenvalue weighted by Gasteiger charge is 2.27. The Morgan fingerprint density at radius 3 is 2.39 bits per heavy atom. The molecule has 0 saturated carbocycles. The second-order valence-electron chi connectivity index (χ2n) is 5.43. The lowest BCUT2D eigenvalue weighted by atomic mass is 10.2. The van der Waals surface area contributed by atoms with Gasteiger partial charge in [0.25, 0.3) is 0 Å². The van der Waals surface area contributed by atoms with Gasteiger partial charge in [0.2, 0.25) is 0 Å². The molecule has 0 fully saturated rings. The third kappa shape index (κ3) is 4.77. The van der Waals surface area contributed by atoms with Crippen molar-refractivity contribution in [2.45, 2.75) is 4.90 Å². The molecule has 5 nitrogen and oxygen atoms in total. The molecule has 0 radical (unpaired) electrons. The molecule has 2 aromatic carbocycles. The lowest BCUT2D eigenvalue weighted by Gasteiger charge is -2.13. The Morgan fingerprint density at radius 2 is 1.71 bits per heavy atom. The normalized spacial score (nSPS) is 11.7. The lowest BCUT2D eigenvalue weighted by Crippen LogP contribution is -2.09. The van der Waals surface area contributed by atoms with E-state index in [4.69, 9.17) is 34.8 Å². The summed E-state index contributed by atoms with van der Waals surface area (Å²) in [5, 5.41) is 15.6. The number of thioether (sulfide) groups is 1. The number of nitrogens with one attached hydrogen (secondary N) is 1. The second kappa shape index (κ2) is 9.30. The van der Waals surface area contributed by atoms with E-state index in [1.807, 2.05) is 54.6 Å². The summed E-state index contributed by atoms with van der Waals surface area (Å²) in [6.45, 7) is 0. The molecule has 0 aliphatic carbocycles. The summed E-state index contributed by atoms with van der Waals surface area (Å²) in [6, 6.07) is 18.4. The van der Waals surface area contributed by atoms with Gasteiger partial charge in [0, 0.05) is 16.5 Å². The van der Waals surface area contributed by atoms with Crippen LogP contribution in [0.25, 0.3) is 10.9 Å². The van der Waals surface area contributed by atoms with Crippen molar-refractivity contribution in [2.24, 2.45) is 0 Å². The van der Waals surface area contributed by atoms with Gasteiger partial charge in [-0.05, 0) is 24.3 Å². The van der Waals surface area contributed by atoms with Crippen molar-refractivity contribution < 1.29 is 4.92 Å². The van der Waals surface area contributed by atoms with Crippen molar-refractivity contribution in [1.82, 2.24) is 4.98 Å². The Hall–Kier alpha value is -2.25. The van der Waals surface area contributed by atoms with Crippen LogP contribution in [0.15, 0.2) is 92.0 Å². The predicted molar refractivity (Wildman–Crippen MR) is 116 cm³/mol. The SMILES string of the molecule is O=[N+]([O-])/C(C(Cl)=C(Cl)Cl)=C(\Nc1cccc2cccnc12)Sc1ccccc1. The standard InChI is InChI=1S/C19H12Cl3N3O2S/c20-15(18(21)22)17(25(26)27)19(28-13-8-2-1-3-9-13)24-14-10-4-6-12-7-5-11-23-16(12)14/h1-11,24H/b19-17+. The van der Waals surface area contributed by atoms with Crippen molar-refractivity contribution >= 4 is 63.2 Å². The number of para-hydroxylation sites is 1. The van der Waals surface area contributed by atoms with Crippen LogP contribution < -0.4 is 5.32 Å². The van der Waals surface area contributed by atoms with E-state index in [0.29, 0.717) is 11.2 Å². The molecule has 3 rings (SSSR count). The van der Waals surface area contributed by atoms with Crippen molar-refractivity contribution in [1.29, 1.82) is 0 Å². The molecule has 9 heteroatoms. The molecule has 1 heterocycles. The van der Waals surface area contributed by atoms with Gasteiger partial charge < -0.3 is 5.32 Å². The molecule has 1 N–H and O–H groups in total. The van der Waals surface area contributed by atoms with Crippen LogP contribution in [-0.4, -0.2) is 9.91 Å². The number of aromatic nitrogens is 1. The zero-order chi connectivity index (χ0) is 20.1. The minimum absolute atomic E-state index is 0.165. The number of allylic oxidation sites excluding steroid dienone is 1. The van der Waals surface area contributed by atoms with Crippen LogP contribution in [0, 0.1) is 10.1 Å². The lowest BCUT2D eigenvalue weighted by molar-refractivity contribution is -0.420. The van der Waals surface area contributed by atoms with E-state index in [0.717, 1.165) is 22.0 Å². The third-order valence-electron chi connectivity index (χ3n) is 3.62. The Kier molecular flexibility index (Phi) is 6.80. The summed E-state index contributed by atoms with van der Waals surface area (Å²) < 4.78 is -0.391. The van der Waals surface area contributed by atoms with E-state index in [9.17, 15) is 10.1 Å². The fraction of sp³-hybridized carbons (Fsp3) is 0. The Balaban J connectivity index is 2.16. The Labute approximate surface area is 180 Å². The van der Waals surface area contributed by atoms with Crippen molar-refractivity contribution in [3.05, 3.63) is 97.2 Å². The summed E-state index contributed by atoms with van der Waals surface area (Å²) >= 11 is 18.7. The average molecular weight is 453 g/mol. The van der Waals surface area contributed by atoms with E-state index < -0.39 is 15.1 Å². The summed E-state index contributed by atoms with van der Waals surface area (Å²) in [5.74, 6) is 0. The molecule has 0 spiro atoms. The summed E-state index contributed by atoms with van der Waals surface area (Å²) in [6.07, 6.45) is 1.65. The number of hydrogen-bond donors (Lipinski definition) is 1. The van der Waals surface area contributed by atoms with Gasteiger partial charge in [0.05, 0.1) is 16.1 Å². The first-order chi connectivity index (χ1) is 13.5. The van der Waals surface area contributed by atoms with E-state index in [1.54, 1.807) is 12.3 Å². The summed E-state index contributed by atoms with van der Waals surface area (Å²) in [5.41, 5.74) is 0.824. The zero-order valence-corrected chi connectivity index (χ0v) is 17.2. The molecule has 28 heavy (non-hydrogen) atoms. The summed E-state index contributed by atoms with van der Waals surface area (Å²) in [4.78, 5) is 16.3. The number of halogens is 3. The smallest absolute Gasteiger partial charge is 0.320 e. The maximum atomic E-state index is 11.8. The largest absolute Gasteiger partial charge is 0.342 e. The number of anilines is 1. The zero-order valence-electron chi connectivity index (χ0n) is 14.1. The van der Waals surface area contributed by atoms with Crippen LogP contribution in [0.5, 0.6) is 0 Å². The minimum atomic E-state index is -0.621. The number of nitrogens with zero attached hydrogens (tertiary/aromatic N) is 2. The van der Waals surface area contributed by atoms with Gasteiger partial charge in [0.15, 0.2) is 10.1 Å². The van der Waals surface area contributed by atoms with Crippen LogP contribution in [-0.2, 0) is 0 Å². The number of benzene rings is 2. The molecule has 0 aliphatic heterocycles. The quantitative estimate of drug-likeness (QED) is 0.193. The maximum Gasteiger partial charge on any atom is 0.320 e. The molecule has 1 aromatic heterocycles. The fourth-order valence-corrected chi connectivity index (χ4v) is 3.78. The van der Waals surface area contributed by atoms with Crippen molar-refractivity contribution in [3.63, 3.8) is 0 Å². The molecular weight excluding hydrogens is 441 g/mol. The highest BCUT2D eigenvalue weighted by molar-refractivity contribution is 8.03. The third-order valence-corrected chi connectivity index (χ3v) is 5.56. The van der Waals surface area contributed by atoms with Crippen molar-refractivity contribution in [2.75, 3.05) is 5.32 Å². The van der Waals surface area contributed by atoms with Crippen LogP contribution in [0.1, 0.15) is 0 Å². The molecular formula is C19H12Cl3N3O2S. The highest BCUT2D eigenvalue weighted by atomic mass is 35.5. The molecule has 0 saturated heterocycles. The van der Waals surface area contributed by atoms with Crippen LogP contribution >= 0.6 is 46.6 Å². The van der Waals surface area contributed by atoms with Gasteiger partial charge in [-0.1, -0.05) is 83.0 Å². The van der Waals surface area contributed by atoms with Gasteiger partial charge in [0.1, 0.15) is 4.49 Å². The van der Waals surface area contributed by atoms with Gasteiger partial charge in [-0.3, -0.25) is 15.1 Å².